The summed E-state index contributed by atoms with van der Waals surface area (Å²) in [6.07, 6.45) is 3.94. The molecule has 1 atom stereocenters. The topological polar surface area (TPSA) is 126 Å². The third kappa shape index (κ3) is 7.05. The molecule has 0 saturated heterocycles. The van der Waals surface area contributed by atoms with E-state index in [-0.39, 0.29) is 11.9 Å². The third-order valence-corrected chi connectivity index (χ3v) is 5.36. The summed E-state index contributed by atoms with van der Waals surface area (Å²) in [6, 6.07) is 2.27. The summed E-state index contributed by atoms with van der Waals surface area (Å²) >= 11 is 1.68. The number of aliphatic carboxylic acids is 1. The second kappa shape index (κ2) is 11.0. The molecule has 10 nitrogen and oxygen atoms in total. The maximum absolute atomic E-state index is 12.1. The number of carbonyl (C=O) groups is 2. The Bertz CT molecular complexity index is 1040. The van der Waals surface area contributed by atoms with Crippen molar-refractivity contribution in [3.8, 4) is 0 Å². The molecule has 0 aliphatic carbocycles. The Hall–Kier alpha value is -3.39. The lowest BCUT2D eigenvalue weighted by atomic mass is 10.1. The first-order valence-corrected chi connectivity index (χ1v) is 10.6. The molecule has 0 spiro atoms. The molecule has 0 fully saturated rings. The number of carboxylic acids is 1. The molecular weight excluding hydrogens is 463 g/mol. The molecule has 1 aliphatic heterocycles. The van der Waals surface area contributed by atoms with Crippen molar-refractivity contribution < 1.29 is 27.9 Å². The van der Waals surface area contributed by atoms with Gasteiger partial charge in [-0.1, -0.05) is 0 Å². The van der Waals surface area contributed by atoms with Crippen LogP contribution in [0.1, 0.15) is 33.7 Å². The number of carboxylic acid groups (broad SMARTS) is 1. The van der Waals surface area contributed by atoms with E-state index in [9.17, 15) is 18.0 Å². The van der Waals surface area contributed by atoms with Gasteiger partial charge in [0.15, 0.2) is 0 Å². The smallest absolute Gasteiger partial charge is 0.475 e. The number of rotatable bonds is 6. The molecule has 3 aromatic heterocycles. The molecule has 0 saturated carbocycles. The number of carbonyl (C=O) groups excluding carboxylic acids is 1. The summed E-state index contributed by atoms with van der Waals surface area (Å²) < 4.78 is 33.8. The first kappa shape index (κ1) is 24.3. The van der Waals surface area contributed by atoms with Crippen LogP contribution in [0.15, 0.2) is 42.4 Å². The van der Waals surface area contributed by atoms with E-state index in [2.05, 4.69) is 41.0 Å². The van der Waals surface area contributed by atoms with E-state index in [0.29, 0.717) is 12.2 Å². The van der Waals surface area contributed by atoms with E-state index >= 15 is 0 Å². The number of nitrogens with zero attached hydrogens (tertiary/aromatic N) is 6. The van der Waals surface area contributed by atoms with Crippen molar-refractivity contribution in [2.45, 2.75) is 31.7 Å². The molecule has 1 aliphatic rings. The fraction of sp³-hybridized carbons (Fsp3) is 0.368. The fourth-order valence-corrected chi connectivity index (χ4v) is 3.84. The number of hydrogen-bond donors (Lipinski definition) is 2. The Labute approximate surface area is 190 Å². The maximum atomic E-state index is 12.1. The van der Waals surface area contributed by atoms with Crippen molar-refractivity contribution in [2.24, 2.45) is 0 Å². The van der Waals surface area contributed by atoms with Crippen molar-refractivity contribution in [1.82, 2.24) is 34.9 Å². The molecule has 14 heteroatoms. The van der Waals surface area contributed by atoms with Crippen LogP contribution in [0.25, 0.3) is 0 Å². The van der Waals surface area contributed by atoms with Crippen LogP contribution in [0, 0.1) is 0 Å². The molecule has 1 amide bonds. The van der Waals surface area contributed by atoms with Gasteiger partial charge < -0.3 is 10.4 Å². The van der Waals surface area contributed by atoms with Gasteiger partial charge in [0.05, 0.1) is 24.5 Å². The second-order valence-corrected chi connectivity index (χ2v) is 7.93. The summed E-state index contributed by atoms with van der Waals surface area (Å²) in [6.45, 7) is 3.15. The van der Waals surface area contributed by atoms with Crippen LogP contribution in [-0.4, -0.2) is 65.9 Å². The summed E-state index contributed by atoms with van der Waals surface area (Å²) in [7, 11) is 0. The van der Waals surface area contributed by atoms with Gasteiger partial charge in [-0.15, -0.1) is 11.3 Å². The molecule has 1 unspecified atom stereocenters. The van der Waals surface area contributed by atoms with E-state index in [1.54, 1.807) is 17.5 Å². The zero-order chi connectivity index (χ0) is 23.8. The van der Waals surface area contributed by atoms with Gasteiger partial charge >= 0.3 is 12.1 Å². The van der Waals surface area contributed by atoms with Gasteiger partial charge in [0, 0.05) is 49.8 Å². The Kier molecular flexibility index (Phi) is 8.06. The Morgan fingerprint density at radius 3 is 2.64 bits per heavy atom. The molecule has 2 N–H and O–H groups in total. The van der Waals surface area contributed by atoms with Crippen LogP contribution in [0.3, 0.4) is 0 Å². The highest BCUT2D eigenvalue weighted by Gasteiger charge is 2.38. The molecule has 176 valence electrons. The lowest BCUT2D eigenvalue weighted by Crippen LogP contribution is -2.39. The minimum absolute atomic E-state index is 0.200. The molecular formula is C19H20F3N7O3S. The number of nitrogens with one attached hydrogen (secondary N) is 1. The zero-order valence-corrected chi connectivity index (χ0v) is 18.0. The molecule has 4 rings (SSSR count). The molecule has 0 aromatic carbocycles. The zero-order valence-electron chi connectivity index (χ0n) is 17.1. The van der Waals surface area contributed by atoms with Crippen molar-refractivity contribution >= 4 is 23.2 Å². The van der Waals surface area contributed by atoms with Crippen LogP contribution >= 0.6 is 11.3 Å². The van der Waals surface area contributed by atoms with Gasteiger partial charge in [-0.2, -0.15) is 18.3 Å². The van der Waals surface area contributed by atoms with Gasteiger partial charge in [-0.05, 0) is 12.5 Å². The Balaban J connectivity index is 0.000000383. The normalized spacial score (nSPS) is 15.8. The standard InChI is InChI=1S/C17H19N7OS.C2HF3O2/c25-17(15-9-18-5-6-19-15)21-3-1-13-10-23(12-16-20-7-8-26-16)11-14-2-4-22-24(13)14;3-2(4,5)1(6)7/h2,4-9,13H,1,3,10-12H2,(H,21,25);(H,6,7). The lowest BCUT2D eigenvalue weighted by molar-refractivity contribution is -0.192. The Morgan fingerprint density at radius 1 is 1.21 bits per heavy atom. The SMILES string of the molecule is O=C(NCCC1CN(Cc2nccs2)Cc2ccnn21)c1cnccn1.O=C(O)C(F)(F)F. The number of amides is 1. The summed E-state index contributed by atoms with van der Waals surface area (Å²) in [5.74, 6) is -2.96. The van der Waals surface area contributed by atoms with Gasteiger partial charge in [-0.3, -0.25) is 19.4 Å². The highest BCUT2D eigenvalue weighted by atomic mass is 32.1. The quantitative estimate of drug-likeness (QED) is 0.546. The van der Waals surface area contributed by atoms with E-state index in [1.807, 2.05) is 17.8 Å². The minimum atomic E-state index is -5.08. The van der Waals surface area contributed by atoms with Crippen LogP contribution in [0.5, 0.6) is 0 Å². The van der Waals surface area contributed by atoms with E-state index in [4.69, 9.17) is 9.90 Å². The van der Waals surface area contributed by atoms with E-state index in [0.717, 1.165) is 31.1 Å². The number of alkyl halides is 3. The van der Waals surface area contributed by atoms with Crippen molar-refractivity contribution in [1.29, 1.82) is 0 Å². The predicted molar refractivity (Wildman–Crippen MR) is 110 cm³/mol. The number of hydrogen-bond acceptors (Lipinski definition) is 8. The molecule has 4 heterocycles. The first-order chi connectivity index (χ1) is 15.7. The molecule has 3 aromatic rings. The van der Waals surface area contributed by atoms with Crippen LogP contribution in [0.4, 0.5) is 13.2 Å². The van der Waals surface area contributed by atoms with Crippen molar-refractivity contribution in [3.05, 3.63) is 58.8 Å². The second-order valence-electron chi connectivity index (χ2n) is 6.95. The number of thiazole rings is 1. The summed E-state index contributed by atoms with van der Waals surface area (Å²) in [4.78, 5) is 35.7. The molecule has 33 heavy (non-hydrogen) atoms. The largest absolute Gasteiger partial charge is 0.490 e. The van der Waals surface area contributed by atoms with Gasteiger partial charge in [0.2, 0.25) is 0 Å². The van der Waals surface area contributed by atoms with Crippen LogP contribution in [-0.2, 0) is 17.9 Å². The Morgan fingerprint density at radius 2 is 2.00 bits per heavy atom. The van der Waals surface area contributed by atoms with E-state index in [1.165, 1.54) is 18.1 Å². The predicted octanol–water partition coefficient (Wildman–Crippen LogP) is 2.14. The van der Waals surface area contributed by atoms with Crippen LogP contribution in [0.2, 0.25) is 0 Å². The highest BCUT2D eigenvalue weighted by Crippen LogP contribution is 2.24. The number of halogens is 3. The average Bonchev–Trinajstić information content (AvgIpc) is 3.46. The summed E-state index contributed by atoms with van der Waals surface area (Å²) in [5, 5.41) is 17.6. The van der Waals surface area contributed by atoms with Crippen LogP contribution < -0.4 is 5.32 Å². The third-order valence-electron chi connectivity index (χ3n) is 4.60. The highest BCUT2D eigenvalue weighted by molar-refractivity contribution is 7.09. The monoisotopic (exact) mass is 483 g/mol. The van der Waals surface area contributed by atoms with Crippen molar-refractivity contribution in [3.63, 3.8) is 0 Å². The van der Waals surface area contributed by atoms with Gasteiger partial charge in [-0.25, -0.2) is 14.8 Å². The van der Waals surface area contributed by atoms with Crippen molar-refractivity contribution in [2.75, 3.05) is 13.1 Å². The molecule has 0 bridgehead atoms. The first-order valence-electron chi connectivity index (χ1n) is 9.71. The number of aromatic nitrogens is 5. The lowest BCUT2D eigenvalue weighted by Gasteiger charge is -2.33. The van der Waals surface area contributed by atoms with Gasteiger partial charge in [0.25, 0.3) is 5.91 Å². The summed E-state index contributed by atoms with van der Waals surface area (Å²) in [5.41, 5.74) is 1.53. The number of fused-ring (bicyclic) bond motifs is 1. The average molecular weight is 483 g/mol. The maximum Gasteiger partial charge on any atom is 0.490 e. The minimum Gasteiger partial charge on any atom is -0.475 e. The fourth-order valence-electron chi connectivity index (χ4n) is 3.18. The molecule has 0 radical (unpaired) electrons. The van der Waals surface area contributed by atoms with Gasteiger partial charge in [0.1, 0.15) is 10.7 Å². The van der Waals surface area contributed by atoms with E-state index < -0.39 is 12.1 Å².